The summed E-state index contributed by atoms with van der Waals surface area (Å²) in [4.78, 5) is 4.94. The van der Waals surface area contributed by atoms with Crippen molar-refractivity contribution in [2.75, 3.05) is 50.4 Å². The lowest BCUT2D eigenvalue weighted by Gasteiger charge is -2.37. The summed E-state index contributed by atoms with van der Waals surface area (Å²) in [5.41, 5.74) is 4.04. The van der Waals surface area contributed by atoms with Gasteiger partial charge in [0.05, 0.1) is 6.26 Å². The van der Waals surface area contributed by atoms with Gasteiger partial charge in [0.25, 0.3) is 0 Å². The minimum Gasteiger partial charge on any atom is -0.371 e. The van der Waals surface area contributed by atoms with Crippen molar-refractivity contribution in [2.24, 2.45) is 0 Å². The van der Waals surface area contributed by atoms with Gasteiger partial charge in [-0.25, -0.2) is 13.1 Å². The molecule has 0 spiro atoms. The van der Waals surface area contributed by atoms with Crippen molar-refractivity contribution in [1.82, 2.24) is 14.9 Å². The van der Waals surface area contributed by atoms with Crippen LogP contribution in [0.15, 0.2) is 18.2 Å². The number of piperazine rings is 1. The molecule has 6 nitrogen and oxygen atoms in total. The summed E-state index contributed by atoms with van der Waals surface area (Å²) in [5.74, 6) is 0. The average molecular weight is 367 g/mol. The topological polar surface area (TPSA) is 64.7 Å². The van der Waals surface area contributed by atoms with Crippen LogP contribution in [0.1, 0.15) is 24.0 Å². The van der Waals surface area contributed by atoms with Crippen molar-refractivity contribution in [1.29, 1.82) is 0 Å². The molecular weight excluding hydrogens is 336 g/mol. The first kappa shape index (κ1) is 18.6. The maximum absolute atomic E-state index is 11.4. The van der Waals surface area contributed by atoms with E-state index in [1.807, 2.05) is 0 Å². The number of rotatable bonds is 5. The molecule has 0 unspecified atom stereocenters. The molecule has 1 aromatic carbocycles. The molecule has 3 rings (SSSR count). The zero-order valence-corrected chi connectivity index (χ0v) is 16.1. The van der Waals surface area contributed by atoms with Crippen molar-refractivity contribution < 1.29 is 8.42 Å². The van der Waals surface area contributed by atoms with Crippen molar-refractivity contribution in [3.05, 3.63) is 29.3 Å². The normalized spacial score (nSPS) is 20.8. The summed E-state index contributed by atoms with van der Waals surface area (Å²) >= 11 is 0. The molecule has 0 radical (unpaired) electrons. The lowest BCUT2D eigenvalue weighted by atomic mass is 10.0. The fourth-order valence-corrected chi connectivity index (χ4v) is 4.77. The van der Waals surface area contributed by atoms with E-state index in [0.29, 0.717) is 0 Å². The van der Waals surface area contributed by atoms with Gasteiger partial charge in [0.1, 0.15) is 0 Å². The summed E-state index contributed by atoms with van der Waals surface area (Å²) < 4.78 is 25.6. The first-order valence-corrected chi connectivity index (χ1v) is 11.1. The van der Waals surface area contributed by atoms with Crippen molar-refractivity contribution >= 4 is 15.7 Å². The van der Waals surface area contributed by atoms with Gasteiger partial charge in [-0.2, -0.15) is 0 Å². The Balaban J connectivity index is 1.69. The SMILES string of the molecule is Cc1cccc(CN2CCNCC2)c1N1CCC(NS(C)(=O)=O)CC1. The van der Waals surface area contributed by atoms with Crippen LogP contribution in [0.5, 0.6) is 0 Å². The summed E-state index contributed by atoms with van der Waals surface area (Å²) in [6.07, 6.45) is 2.95. The molecule has 2 N–H and O–H groups in total. The average Bonchev–Trinajstić information content (AvgIpc) is 2.56. The van der Waals surface area contributed by atoms with E-state index in [1.165, 1.54) is 23.1 Å². The second-order valence-corrected chi connectivity index (χ2v) is 9.04. The quantitative estimate of drug-likeness (QED) is 0.811. The minimum absolute atomic E-state index is 0.0619. The molecule has 2 aliphatic heterocycles. The predicted molar refractivity (Wildman–Crippen MR) is 103 cm³/mol. The summed E-state index contributed by atoms with van der Waals surface area (Å²) in [6, 6.07) is 6.63. The van der Waals surface area contributed by atoms with Crippen molar-refractivity contribution in [3.8, 4) is 0 Å². The Labute approximate surface area is 151 Å². The molecule has 1 aromatic rings. The molecule has 2 aliphatic rings. The van der Waals surface area contributed by atoms with Crippen LogP contribution in [-0.4, -0.2) is 64.9 Å². The van der Waals surface area contributed by atoms with Gasteiger partial charge >= 0.3 is 0 Å². The van der Waals surface area contributed by atoms with Crippen LogP contribution in [0.4, 0.5) is 5.69 Å². The number of anilines is 1. The number of nitrogens with one attached hydrogen (secondary N) is 2. The molecule has 2 heterocycles. The van der Waals surface area contributed by atoms with E-state index >= 15 is 0 Å². The third kappa shape index (κ3) is 5.17. The maximum Gasteiger partial charge on any atom is 0.208 e. The minimum atomic E-state index is -3.12. The highest BCUT2D eigenvalue weighted by Gasteiger charge is 2.24. The highest BCUT2D eigenvalue weighted by atomic mass is 32.2. The number of nitrogens with zero attached hydrogens (tertiary/aromatic N) is 2. The van der Waals surface area contributed by atoms with Crippen LogP contribution in [0, 0.1) is 6.92 Å². The lowest BCUT2D eigenvalue weighted by Crippen LogP contribution is -2.45. The predicted octanol–water partition coefficient (Wildman–Crippen LogP) is 0.918. The summed E-state index contributed by atoms with van der Waals surface area (Å²) in [5, 5.41) is 3.41. The molecule has 0 atom stereocenters. The largest absolute Gasteiger partial charge is 0.371 e. The van der Waals surface area contributed by atoms with E-state index in [9.17, 15) is 8.42 Å². The molecule has 2 fully saturated rings. The fraction of sp³-hybridized carbons (Fsp3) is 0.667. The number of hydrogen-bond donors (Lipinski definition) is 2. The van der Waals surface area contributed by atoms with Crippen LogP contribution < -0.4 is 14.9 Å². The van der Waals surface area contributed by atoms with E-state index < -0.39 is 10.0 Å². The highest BCUT2D eigenvalue weighted by Crippen LogP contribution is 2.29. The maximum atomic E-state index is 11.4. The van der Waals surface area contributed by atoms with Crippen LogP contribution in [-0.2, 0) is 16.6 Å². The first-order chi connectivity index (χ1) is 11.9. The van der Waals surface area contributed by atoms with Gasteiger partial charge in [0.2, 0.25) is 10.0 Å². The first-order valence-electron chi connectivity index (χ1n) is 9.16. The number of para-hydroxylation sites is 1. The summed E-state index contributed by atoms with van der Waals surface area (Å²) in [6.45, 7) is 9.26. The Morgan fingerprint density at radius 1 is 1.16 bits per heavy atom. The van der Waals surface area contributed by atoms with E-state index in [2.05, 4.69) is 45.0 Å². The Bertz CT molecular complexity index is 678. The lowest BCUT2D eigenvalue weighted by molar-refractivity contribution is 0.233. The van der Waals surface area contributed by atoms with Crippen LogP contribution in [0.3, 0.4) is 0 Å². The van der Waals surface area contributed by atoms with Crippen LogP contribution >= 0.6 is 0 Å². The number of benzene rings is 1. The smallest absolute Gasteiger partial charge is 0.208 e. The molecule has 0 bridgehead atoms. The Kier molecular flexibility index (Phi) is 5.99. The van der Waals surface area contributed by atoms with Crippen LogP contribution in [0.25, 0.3) is 0 Å². The van der Waals surface area contributed by atoms with Crippen LogP contribution in [0.2, 0.25) is 0 Å². The van der Waals surface area contributed by atoms with Crippen molar-refractivity contribution in [3.63, 3.8) is 0 Å². The second-order valence-electron chi connectivity index (χ2n) is 7.26. The van der Waals surface area contributed by atoms with Crippen molar-refractivity contribution in [2.45, 2.75) is 32.4 Å². The Morgan fingerprint density at radius 3 is 2.48 bits per heavy atom. The fourth-order valence-electron chi connectivity index (χ4n) is 3.93. The molecule has 0 aliphatic carbocycles. The van der Waals surface area contributed by atoms with Gasteiger partial charge in [-0.15, -0.1) is 0 Å². The molecule has 2 saturated heterocycles. The molecule has 0 aromatic heterocycles. The molecule has 0 amide bonds. The number of hydrogen-bond acceptors (Lipinski definition) is 5. The Morgan fingerprint density at radius 2 is 1.84 bits per heavy atom. The number of aryl methyl sites for hydroxylation is 1. The molecule has 7 heteroatoms. The van der Waals surface area contributed by atoms with E-state index in [-0.39, 0.29) is 6.04 Å². The number of piperidine rings is 1. The second kappa shape index (κ2) is 8.03. The molecule has 140 valence electrons. The van der Waals surface area contributed by atoms with E-state index in [0.717, 1.165) is 58.7 Å². The number of sulfonamides is 1. The molecular formula is C18H30N4O2S. The van der Waals surface area contributed by atoms with E-state index in [4.69, 9.17) is 0 Å². The monoisotopic (exact) mass is 366 g/mol. The van der Waals surface area contributed by atoms with E-state index in [1.54, 1.807) is 0 Å². The van der Waals surface area contributed by atoms with Gasteiger partial charge in [0.15, 0.2) is 0 Å². The van der Waals surface area contributed by atoms with Gasteiger partial charge in [-0.05, 0) is 30.9 Å². The Hall–Kier alpha value is -1.15. The zero-order valence-electron chi connectivity index (χ0n) is 15.3. The highest BCUT2D eigenvalue weighted by molar-refractivity contribution is 7.88. The molecule has 25 heavy (non-hydrogen) atoms. The third-order valence-electron chi connectivity index (χ3n) is 5.12. The van der Waals surface area contributed by atoms with Gasteiger partial charge in [-0.1, -0.05) is 18.2 Å². The van der Waals surface area contributed by atoms with Gasteiger partial charge in [-0.3, -0.25) is 4.90 Å². The third-order valence-corrected chi connectivity index (χ3v) is 5.88. The van der Waals surface area contributed by atoms with Gasteiger partial charge in [0, 0.05) is 57.5 Å². The van der Waals surface area contributed by atoms with Gasteiger partial charge < -0.3 is 10.2 Å². The zero-order chi connectivity index (χ0) is 17.9. The summed E-state index contributed by atoms with van der Waals surface area (Å²) in [7, 11) is -3.12. The standard InChI is InChI=1S/C18H30N4O2S/c1-15-4-3-5-16(14-21-12-8-19-9-13-21)18(15)22-10-6-17(7-11-22)20-25(2,23)24/h3-5,17,19-20H,6-14H2,1-2H3. The molecule has 0 saturated carbocycles.